The zero-order valence-electron chi connectivity index (χ0n) is 18.2. The molecule has 0 radical (unpaired) electrons. The van der Waals surface area contributed by atoms with Crippen molar-refractivity contribution in [1.82, 2.24) is 29.8 Å². The van der Waals surface area contributed by atoms with Crippen LogP contribution in [-0.2, 0) is 10.0 Å². The third-order valence-electron chi connectivity index (χ3n) is 4.36. The number of hydrogen-bond donors (Lipinski definition) is 2. The van der Waals surface area contributed by atoms with E-state index in [0.29, 0.717) is 0 Å². The highest BCUT2D eigenvalue weighted by Gasteiger charge is 2.30. The molecule has 2 N–H and O–H groups in total. The Morgan fingerprint density at radius 2 is 1.55 bits per heavy atom. The van der Waals surface area contributed by atoms with E-state index >= 15 is 0 Å². The minimum Gasteiger partial charge on any atom is -0.352 e. The summed E-state index contributed by atoms with van der Waals surface area (Å²) in [4.78, 5) is 13.2. The fourth-order valence-electron chi connectivity index (χ4n) is 2.59. The molecule has 0 spiro atoms. The summed E-state index contributed by atoms with van der Waals surface area (Å²) in [6.07, 6.45) is 3.38. The Bertz CT molecular complexity index is 1100. The molecule has 12 heteroatoms. The van der Waals surface area contributed by atoms with Gasteiger partial charge in [0, 0.05) is 12.1 Å². The van der Waals surface area contributed by atoms with Crippen molar-refractivity contribution in [1.29, 1.82) is 0 Å². The first-order valence-electron chi connectivity index (χ1n) is 9.96. The van der Waals surface area contributed by atoms with E-state index in [2.05, 4.69) is 35.8 Å². The zero-order valence-corrected chi connectivity index (χ0v) is 19.0. The van der Waals surface area contributed by atoms with Gasteiger partial charge in [-0.1, -0.05) is 24.6 Å². The number of nitrogens with zero attached hydrogens (tertiary/aromatic N) is 7. The largest absolute Gasteiger partial charge is 0.352 e. The first-order valence-corrected chi connectivity index (χ1v) is 11.4. The molecule has 3 rings (SSSR count). The van der Waals surface area contributed by atoms with Crippen molar-refractivity contribution in [3.8, 4) is 0 Å². The monoisotopic (exact) mass is 445 g/mol. The lowest BCUT2D eigenvalue weighted by atomic mass is 10.2. The minimum atomic E-state index is -4.08. The van der Waals surface area contributed by atoms with Crippen LogP contribution in [-0.4, -0.2) is 50.3 Å². The smallest absolute Gasteiger partial charge is 0.285 e. The minimum absolute atomic E-state index is 0.0313. The lowest BCUT2D eigenvalue weighted by molar-refractivity contribution is 0.581. The van der Waals surface area contributed by atoms with Crippen LogP contribution < -0.4 is 15.0 Å². The predicted octanol–water partition coefficient (Wildman–Crippen LogP) is 2.46. The summed E-state index contributed by atoms with van der Waals surface area (Å²) in [6, 6.07) is 6.64. The summed E-state index contributed by atoms with van der Waals surface area (Å²) >= 11 is 0. The average Bonchev–Trinajstić information content (AvgIpc) is 3.21. The quantitative estimate of drug-likeness (QED) is 0.510. The molecule has 0 aliphatic rings. The lowest BCUT2D eigenvalue weighted by Crippen LogP contribution is -2.37. The molecular formula is C19H27N9O2S. The maximum atomic E-state index is 13.6. The van der Waals surface area contributed by atoms with Crippen molar-refractivity contribution < 1.29 is 8.42 Å². The van der Waals surface area contributed by atoms with E-state index in [1.54, 1.807) is 12.1 Å². The van der Waals surface area contributed by atoms with E-state index in [0.717, 1.165) is 16.4 Å². The Morgan fingerprint density at radius 1 is 0.968 bits per heavy atom. The molecule has 0 saturated heterocycles. The Labute approximate surface area is 182 Å². The Morgan fingerprint density at radius 3 is 2.10 bits per heavy atom. The number of aromatic nitrogens is 6. The third kappa shape index (κ3) is 5.26. The highest BCUT2D eigenvalue weighted by Crippen LogP contribution is 2.24. The summed E-state index contributed by atoms with van der Waals surface area (Å²) < 4.78 is 29.3. The van der Waals surface area contributed by atoms with Crippen molar-refractivity contribution in [2.24, 2.45) is 0 Å². The van der Waals surface area contributed by atoms with Crippen LogP contribution in [0.1, 0.15) is 39.7 Å². The van der Waals surface area contributed by atoms with Crippen LogP contribution in [0.15, 0.2) is 41.8 Å². The van der Waals surface area contributed by atoms with Gasteiger partial charge in [-0.3, -0.25) is 0 Å². The molecule has 166 valence electrons. The molecule has 1 atom stereocenters. The summed E-state index contributed by atoms with van der Waals surface area (Å²) in [5.41, 5.74) is 0.943. The number of hydrogen-bond acceptors (Lipinski definition) is 9. The number of benzene rings is 1. The van der Waals surface area contributed by atoms with Crippen molar-refractivity contribution in [2.75, 3.05) is 15.0 Å². The fraction of sp³-hybridized carbons (Fsp3) is 0.421. The summed E-state index contributed by atoms with van der Waals surface area (Å²) in [6.45, 7) is 9.77. The van der Waals surface area contributed by atoms with Crippen LogP contribution in [0, 0.1) is 6.92 Å². The zero-order chi connectivity index (χ0) is 22.6. The molecule has 2 heterocycles. The van der Waals surface area contributed by atoms with E-state index in [1.807, 2.05) is 34.6 Å². The molecule has 31 heavy (non-hydrogen) atoms. The topological polar surface area (TPSA) is 131 Å². The summed E-state index contributed by atoms with van der Waals surface area (Å²) in [5, 5.41) is 13.8. The molecule has 11 nitrogen and oxygen atoms in total. The van der Waals surface area contributed by atoms with Gasteiger partial charge in [-0.15, -0.1) is 14.6 Å². The van der Waals surface area contributed by atoms with Crippen LogP contribution in [0.5, 0.6) is 0 Å². The van der Waals surface area contributed by atoms with Crippen molar-refractivity contribution in [3.63, 3.8) is 0 Å². The van der Waals surface area contributed by atoms with E-state index < -0.39 is 10.0 Å². The van der Waals surface area contributed by atoms with Gasteiger partial charge in [-0.25, -0.2) is 4.68 Å². The number of nitrogens with one attached hydrogen (secondary N) is 2. The van der Waals surface area contributed by atoms with Gasteiger partial charge in [0.25, 0.3) is 16.0 Å². The fourth-order valence-corrected chi connectivity index (χ4v) is 3.90. The molecule has 0 aliphatic carbocycles. The van der Waals surface area contributed by atoms with E-state index in [1.165, 1.54) is 29.5 Å². The second-order valence-electron chi connectivity index (χ2n) is 7.44. The normalized spacial score (nSPS) is 12.6. The lowest BCUT2D eigenvalue weighted by Gasteiger charge is -2.23. The van der Waals surface area contributed by atoms with Gasteiger partial charge in [0.15, 0.2) is 0 Å². The molecule has 2 aromatic heterocycles. The SMILES string of the molecule is CC[C@@H](C)Nc1nc(NC(C)C)nc(N(n2cnnc2)S(=O)(=O)c2ccc(C)cc2)n1. The average molecular weight is 446 g/mol. The number of rotatable bonds is 9. The highest BCUT2D eigenvalue weighted by atomic mass is 32.2. The van der Waals surface area contributed by atoms with Crippen LogP contribution in [0.2, 0.25) is 0 Å². The Balaban J connectivity index is 2.17. The van der Waals surface area contributed by atoms with Crippen LogP contribution in [0.4, 0.5) is 17.8 Å². The summed E-state index contributed by atoms with van der Waals surface area (Å²) in [7, 11) is -4.08. The van der Waals surface area contributed by atoms with Gasteiger partial charge in [0.1, 0.15) is 12.7 Å². The van der Waals surface area contributed by atoms with E-state index in [-0.39, 0.29) is 34.8 Å². The maximum absolute atomic E-state index is 13.6. The third-order valence-corrected chi connectivity index (χ3v) is 6.04. The molecule has 0 unspecified atom stereocenters. The predicted molar refractivity (Wildman–Crippen MR) is 118 cm³/mol. The molecular weight excluding hydrogens is 418 g/mol. The standard InChI is InChI=1S/C19H27N9O2S/c1-6-15(5)23-18-24-17(22-13(2)3)25-19(26-18)28(27-11-20-21-12-27)31(29,30)16-9-7-14(4)8-10-16/h7-13,15H,6H2,1-5H3,(H2,22,23,24,25,26)/t15-/m1/s1. The molecule has 1 aromatic carbocycles. The van der Waals surface area contributed by atoms with Crippen molar-refractivity contribution in [3.05, 3.63) is 42.5 Å². The molecule has 0 saturated carbocycles. The van der Waals surface area contributed by atoms with Gasteiger partial charge in [0.2, 0.25) is 11.9 Å². The Kier molecular flexibility index (Phi) is 6.68. The molecule has 0 bridgehead atoms. The first-order chi connectivity index (χ1) is 14.7. The molecule has 0 aliphatic heterocycles. The van der Waals surface area contributed by atoms with Gasteiger partial charge < -0.3 is 10.6 Å². The Hall–Kier alpha value is -3.28. The van der Waals surface area contributed by atoms with Crippen LogP contribution in [0.25, 0.3) is 0 Å². The van der Waals surface area contributed by atoms with Crippen molar-refractivity contribution in [2.45, 2.75) is 58.0 Å². The second-order valence-corrected chi connectivity index (χ2v) is 9.21. The van der Waals surface area contributed by atoms with E-state index in [9.17, 15) is 8.42 Å². The van der Waals surface area contributed by atoms with Crippen LogP contribution >= 0.6 is 0 Å². The number of sulfonamides is 1. The molecule has 3 aromatic rings. The van der Waals surface area contributed by atoms with Crippen molar-refractivity contribution >= 4 is 27.9 Å². The second kappa shape index (κ2) is 9.25. The number of aryl methyl sites for hydroxylation is 1. The number of anilines is 3. The van der Waals surface area contributed by atoms with E-state index in [4.69, 9.17) is 0 Å². The molecule has 0 amide bonds. The van der Waals surface area contributed by atoms with Gasteiger partial charge in [0.05, 0.1) is 4.90 Å². The van der Waals surface area contributed by atoms with Gasteiger partial charge in [-0.05, 0) is 46.2 Å². The van der Waals surface area contributed by atoms with Gasteiger partial charge in [-0.2, -0.15) is 23.4 Å². The van der Waals surface area contributed by atoms with Crippen LogP contribution in [0.3, 0.4) is 0 Å². The summed E-state index contributed by atoms with van der Waals surface area (Å²) in [5.74, 6) is 0.423. The van der Waals surface area contributed by atoms with Gasteiger partial charge >= 0.3 is 0 Å². The maximum Gasteiger partial charge on any atom is 0.285 e. The highest BCUT2D eigenvalue weighted by molar-refractivity contribution is 7.92. The first kappa shape index (κ1) is 22.4. The molecule has 0 fully saturated rings.